The zero-order valence-corrected chi connectivity index (χ0v) is 12.9. The first-order valence-corrected chi connectivity index (χ1v) is 8.63. The summed E-state index contributed by atoms with van der Waals surface area (Å²) in [7, 11) is 0. The first-order chi connectivity index (χ1) is 9.70. The van der Waals surface area contributed by atoms with Gasteiger partial charge in [0.15, 0.2) is 0 Å². The molecule has 0 aromatic rings. The highest BCUT2D eigenvalue weighted by atomic mass is 32.2. The van der Waals surface area contributed by atoms with Gasteiger partial charge in [0, 0.05) is 31.4 Å². The summed E-state index contributed by atoms with van der Waals surface area (Å²) in [6.45, 7) is 3.48. The minimum atomic E-state index is 0.0256. The number of carbonyl (C=O) groups is 2. The average molecular weight is 299 g/mol. The van der Waals surface area contributed by atoms with Gasteiger partial charge in [-0.25, -0.2) is 0 Å². The first kappa shape index (κ1) is 15.6. The highest BCUT2D eigenvalue weighted by Gasteiger charge is 2.24. The van der Waals surface area contributed by atoms with Gasteiger partial charge in [-0.3, -0.25) is 9.59 Å². The first-order valence-electron chi connectivity index (χ1n) is 7.58. The van der Waals surface area contributed by atoms with Crippen molar-refractivity contribution in [2.45, 2.75) is 37.4 Å². The van der Waals surface area contributed by atoms with Gasteiger partial charge in [0.1, 0.15) is 0 Å². The van der Waals surface area contributed by atoms with Crippen LogP contribution >= 0.6 is 11.8 Å². The molecule has 2 aliphatic rings. The van der Waals surface area contributed by atoms with Crippen LogP contribution in [0.15, 0.2) is 0 Å². The van der Waals surface area contributed by atoms with E-state index < -0.39 is 0 Å². The molecule has 2 aliphatic heterocycles. The van der Waals surface area contributed by atoms with Crippen molar-refractivity contribution in [2.24, 2.45) is 5.73 Å². The molecule has 2 amide bonds. The van der Waals surface area contributed by atoms with E-state index in [0.29, 0.717) is 11.0 Å². The van der Waals surface area contributed by atoms with Crippen molar-refractivity contribution in [1.29, 1.82) is 0 Å². The molecule has 0 aliphatic carbocycles. The Bertz CT molecular complexity index is 345. The van der Waals surface area contributed by atoms with Crippen LogP contribution in [0.3, 0.4) is 0 Å². The molecule has 1 atom stereocenters. The Hall–Kier alpha value is -0.750. The Morgan fingerprint density at radius 1 is 1.00 bits per heavy atom. The quantitative estimate of drug-likeness (QED) is 0.829. The molecule has 0 aromatic heterocycles. The molecule has 1 unspecified atom stereocenters. The van der Waals surface area contributed by atoms with E-state index >= 15 is 0 Å². The molecule has 2 heterocycles. The topological polar surface area (TPSA) is 66.6 Å². The number of nitrogens with zero attached hydrogens (tertiary/aromatic N) is 2. The zero-order valence-electron chi connectivity index (χ0n) is 12.1. The number of carbonyl (C=O) groups excluding carboxylic acids is 2. The lowest BCUT2D eigenvalue weighted by Crippen LogP contribution is -2.44. The van der Waals surface area contributed by atoms with E-state index in [4.69, 9.17) is 5.73 Å². The van der Waals surface area contributed by atoms with Crippen molar-refractivity contribution in [3.63, 3.8) is 0 Å². The van der Waals surface area contributed by atoms with Crippen LogP contribution in [0.4, 0.5) is 0 Å². The van der Waals surface area contributed by atoms with Gasteiger partial charge >= 0.3 is 0 Å². The molecule has 0 bridgehead atoms. The van der Waals surface area contributed by atoms with Crippen molar-refractivity contribution in [3.8, 4) is 0 Å². The summed E-state index contributed by atoms with van der Waals surface area (Å²) in [5.74, 6) is 0.838. The predicted octanol–water partition coefficient (Wildman–Crippen LogP) is 0.682. The van der Waals surface area contributed by atoms with Gasteiger partial charge in [0.2, 0.25) is 11.8 Å². The standard InChI is InChI=1S/C14H25N3O2S/c15-9-13(18)17-8-4-5-12(10-17)20-11-14(19)16-6-2-1-3-7-16/h12H,1-11,15H2. The molecule has 2 fully saturated rings. The number of hydrogen-bond acceptors (Lipinski definition) is 4. The lowest BCUT2D eigenvalue weighted by Gasteiger charge is -2.33. The maximum absolute atomic E-state index is 12.1. The molecule has 20 heavy (non-hydrogen) atoms. The summed E-state index contributed by atoms with van der Waals surface area (Å²) in [6, 6.07) is 0. The smallest absolute Gasteiger partial charge is 0.236 e. The van der Waals surface area contributed by atoms with Crippen LogP contribution in [0.25, 0.3) is 0 Å². The highest BCUT2D eigenvalue weighted by molar-refractivity contribution is 8.00. The molecular weight excluding hydrogens is 274 g/mol. The second kappa shape index (κ2) is 7.88. The SMILES string of the molecule is NCC(=O)N1CCCC(SCC(=O)N2CCCCC2)C1. The molecule has 0 aromatic carbocycles. The largest absolute Gasteiger partial charge is 0.342 e. The van der Waals surface area contributed by atoms with E-state index in [9.17, 15) is 9.59 Å². The lowest BCUT2D eigenvalue weighted by molar-refractivity contribution is -0.130. The third-order valence-corrected chi connectivity index (χ3v) is 5.33. The molecule has 114 valence electrons. The van der Waals surface area contributed by atoms with Gasteiger partial charge in [-0.2, -0.15) is 0 Å². The van der Waals surface area contributed by atoms with Crippen LogP contribution in [0, 0.1) is 0 Å². The fourth-order valence-corrected chi connectivity index (χ4v) is 4.03. The van der Waals surface area contributed by atoms with Crippen molar-refractivity contribution in [2.75, 3.05) is 38.5 Å². The van der Waals surface area contributed by atoms with Crippen LogP contribution in [-0.2, 0) is 9.59 Å². The second-order valence-corrected chi connectivity index (χ2v) is 6.85. The summed E-state index contributed by atoms with van der Waals surface area (Å²) < 4.78 is 0. The normalized spacial score (nSPS) is 23.8. The van der Waals surface area contributed by atoms with E-state index in [-0.39, 0.29) is 18.4 Å². The van der Waals surface area contributed by atoms with E-state index in [1.807, 2.05) is 9.80 Å². The van der Waals surface area contributed by atoms with Crippen molar-refractivity contribution < 1.29 is 9.59 Å². The van der Waals surface area contributed by atoms with Gasteiger partial charge in [-0.15, -0.1) is 11.8 Å². The fourth-order valence-electron chi connectivity index (χ4n) is 2.85. The van der Waals surface area contributed by atoms with Crippen molar-refractivity contribution in [1.82, 2.24) is 9.80 Å². The number of amides is 2. The number of nitrogens with two attached hydrogens (primary N) is 1. The van der Waals surface area contributed by atoms with E-state index in [0.717, 1.165) is 51.9 Å². The molecular formula is C14H25N3O2S. The van der Waals surface area contributed by atoms with Gasteiger partial charge in [0.25, 0.3) is 0 Å². The number of thioether (sulfide) groups is 1. The van der Waals surface area contributed by atoms with Crippen molar-refractivity contribution in [3.05, 3.63) is 0 Å². The van der Waals surface area contributed by atoms with Crippen LogP contribution in [-0.4, -0.2) is 65.3 Å². The van der Waals surface area contributed by atoms with Crippen LogP contribution in [0.2, 0.25) is 0 Å². The minimum absolute atomic E-state index is 0.0256. The summed E-state index contributed by atoms with van der Waals surface area (Å²) in [6.07, 6.45) is 5.63. The summed E-state index contributed by atoms with van der Waals surface area (Å²) in [5.41, 5.74) is 5.41. The van der Waals surface area contributed by atoms with Crippen LogP contribution < -0.4 is 5.73 Å². The maximum atomic E-state index is 12.1. The van der Waals surface area contributed by atoms with E-state index in [1.165, 1.54) is 6.42 Å². The number of hydrogen-bond donors (Lipinski definition) is 1. The van der Waals surface area contributed by atoms with Crippen LogP contribution in [0.5, 0.6) is 0 Å². The fraction of sp³-hybridized carbons (Fsp3) is 0.857. The Labute approximate surface area is 125 Å². The van der Waals surface area contributed by atoms with Gasteiger partial charge in [0.05, 0.1) is 12.3 Å². The van der Waals surface area contributed by atoms with Gasteiger partial charge < -0.3 is 15.5 Å². The molecule has 0 radical (unpaired) electrons. The molecule has 0 spiro atoms. The van der Waals surface area contributed by atoms with Gasteiger partial charge in [-0.05, 0) is 32.1 Å². The molecule has 6 heteroatoms. The van der Waals surface area contributed by atoms with Crippen molar-refractivity contribution >= 4 is 23.6 Å². The minimum Gasteiger partial charge on any atom is -0.342 e. The molecule has 5 nitrogen and oxygen atoms in total. The summed E-state index contributed by atoms with van der Waals surface area (Å²) >= 11 is 1.70. The molecule has 2 N–H and O–H groups in total. The Morgan fingerprint density at radius 2 is 1.70 bits per heavy atom. The Balaban J connectivity index is 1.72. The lowest BCUT2D eigenvalue weighted by atomic mass is 10.1. The molecule has 0 saturated carbocycles. The zero-order chi connectivity index (χ0) is 14.4. The van der Waals surface area contributed by atoms with E-state index in [1.54, 1.807) is 11.8 Å². The number of likely N-dealkylation sites (tertiary alicyclic amines) is 2. The third-order valence-electron chi connectivity index (χ3n) is 4.06. The predicted molar refractivity (Wildman–Crippen MR) is 81.5 cm³/mol. The summed E-state index contributed by atoms with van der Waals surface area (Å²) in [5, 5.41) is 0.382. The number of piperidine rings is 2. The third kappa shape index (κ3) is 4.38. The highest BCUT2D eigenvalue weighted by Crippen LogP contribution is 2.23. The number of rotatable bonds is 4. The molecule has 2 rings (SSSR count). The van der Waals surface area contributed by atoms with Crippen LogP contribution in [0.1, 0.15) is 32.1 Å². The average Bonchev–Trinajstić information content (AvgIpc) is 2.53. The summed E-state index contributed by atoms with van der Waals surface area (Å²) in [4.78, 5) is 27.6. The van der Waals surface area contributed by atoms with Gasteiger partial charge in [-0.1, -0.05) is 0 Å². The van der Waals surface area contributed by atoms with E-state index in [2.05, 4.69) is 0 Å². The maximum Gasteiger partial charge on any atom is 0.236 e. The Kier molecular flexibility index (Phi) is 6.16. The monoisotopic (exact) mass is 299 g/mol. The Morgan fingerprint density at radius 3 is 2.40 bits per heavy atom. The second-order valence-electron chi connectivity index (χ2n) is 5.56. The molecule has 2 saturated heterocycles.